The first-order valence-electron chi connectivity index (χ1n) is 5.55. The van der Waals surface area contributed by atoms with E-state index in [0.29, 0.717) is 22.8 Å². The zero-order valence-electron chi connectivity index (χ0n) is 9.94. The molecule has 0 saturated heterocycles. The van der Waals surface area contributed by atoms with Crippen LogP contribution in [0.4, 0.5) is 4.39 Å². The lowest BCUT2D eigenvalue weighted by Crippen LogP contribution is -2.00. The van der Waals surface area contributed by atoms with Gasteiger partial charge in [-0.1, -0.05) is 0 Å². The van der Waals surface area contributed by atoms with E-state index in [1.807, 2.05) is 6.07 Å². The first-order valence-corrected chi connectivity index (χ1v) is 6.08. The largest absolute Gasteiger partial charge is 0.487 e. The maximum atomic E-state index is 13.5. The molecule has 0 fully saturated rings. The van der Waals surface area contributed by atoms with Crippen molar-refractivity contribution < 1.29 is 9.13 Å². The molecule has 1 heterocycles. The van der Waals surface area contributed by atoms with E-state index in [2.05, 4.69) is 4.98 Å². The Morgan fingerprint density at radius 2 is 2.16 bits per heavy atom. The van der Waals surface area contributed by atoms with Crippen molar-refractivity contribution in [3.63, 3.8) is 0 Å². The van der Waals surface area contributed by atoms with E-state index >= 15 is 0 Å². The van der Waals surface area contributed by atoms with Gasteiger partial charge in [0.25, 0.3) is 0 Å². The molecule has 2 rings (SSSR count). The first kappa shape index (κ1) is 13.3. The summed E-state index contributed by atoms with van der Waals surface area (Å²) in [6.45, 7) is 0.0449. The zero-order chi connectivity index (χ0) is 13.7. The molecule has 0 saturated carbocycles. The second-order valence-corrected chi connectivity index (χ2v) is 4.09. The normalized spacial score (nSPS) is 9.95. The lowest BCUT2D eigenvalue weighted by Gasteiger charge is -2.07. The molecule has 0 bridgehead atoms. The van der Waals surface area contributed by atoms with Crippen molar-refractivity contribution in [3.05, 3.63) is 59.2 Å². The zero-order valence-corrected chi connectivity index (χ0v) is 10.7. The molecule has 2 aromatic rings. The average molecular weight is 277 g/mol. The molecule has 0 aliphatic carbocycles. The third-order valence-corrected chi connectivity index (χ3v) is 2.78. The van der Waals surface area contributed by atoms with Gasteiger partial charge in [0.2, 0.25) is 0 Å². The monoisotopic (exact) mass is 276 g/mol. The second-order valence-electron chi connectivity index (χ2n) is 3.83. The highest BCUT2D eigenvalue weighted by molar-refractivity contribution is 6.16. The van der Waals surface area contributed by atoms with Crippen molar-refractivity contribution in [3.8, 4) is 11.8 Å². The summed E-state index contributed by atoms with van der Waals surface area (Å²) in [5.74, 6) is 0.457. The number of benzene rings is 1. The van der Waals surface area contributed by atoms with Crippen LogP contribution in [0.15, 0.2) is 36.5 Å². The summed E-state index contributed by atoms with van der Waals surface area (Å²) < 4.78 is 18.9. The Balaban J connectivity index is 2.07. The number of nitrogens with zero attached hydrogens (tertiary/aromatic N) is 2. The van der Waals surface area contributed by atoms with Gasteiger partial charge >= 0.3 is 0 Å². The topological polar surface area (TPSA) is 45.9 Å². The van der Waals surface area contributed by atoms with Gasteiger partial charge < -0.3 is 4.74 Å². The van der Waals surface area contributed by atoms with E-state index in [4.69, 9.17) is 21.6 Å². The molecule has 96 valence electrons. The predicted octanol–water partition coefficient (Wildman–Crippen LogP) is 3.41. The van der Waals surface area contributed by atoms with Crippen molar-refractivity contribution in [2.75, 3.05) is 0 Å². The molecule has 1 aromatic heterocycles. The number of pyridine rings is 1. The molecule has 5 heteroatoms. The van der Waals surface area contributed by atoms with Crippen molar-refractivity contribution >= 4 is 11.6 Å². The van der Waals surface area contributed by atoms with Crippen LogP contribution in [-0.2, 0) is 12.5 Å². The summed E-state index contributed by atoms with van der Waals surface area (Å²) in [5, 5.41) is 8.76. The number of alkyl halides is 1. The molecule has 0 N–H and O–H groups in total. The molecule has 3 nitrogen and oxygen atoms in total. The van der Waals surface area contributed by atoms with Crippen LogP contribution in [0.2, 0.25) is 0 Å². The molecule has 1 aromatic carbocycles. The number of hydrogen-bond donors (Lipinski definition) is 0. The summed E-state index contributed by atoms with van der Waals surface area (Å²) in [4.78, 5) is 4.06. The Kier molecular flexibility index (Phi) is 4.32. The van der Waals surface area contributed by atoms with Gasteiger partial charge in [0.05, 0.1) is 29.4 Å². The number of ether oxygens (including phenoxy) is 1. The minimum absolute atomic E-state index is 0.0449. The van der Waals surface area contributed by atoms with E-state index in [9.17, 15) is 4.39 Å². The van der Waals surface area contributed by atoms with Crippen LogP contribution < -0.4 is 4.74 Å². The van der Waals surface area contributed by atoms with Gasteiger partial charge in [0.15, 0.2) is 0 Å². The fraction of sp³-hybridized carbons (Fsp3) is 0.143. The Morgan fingerprint density at radius 1 is 1.32 bits per heavy atom. The molecule has 0 unspecified atom stereocenters. The van der Waals surface area contributed by atoms with Crippen LogP contribution in [0, 0.1) is 17.1 Å². The SMILES string of the molecule is N#Cc1ccc(F)c(COc2ccc(CCl)nc2)c1. The maximum absolute atomic E-state index is 13.5. The van der Waals surface area contributed by atoms with E-state index in [1.54, 1.807) is 12.1 Å². The Bertz CT molecular complexity index is 608. The Morgan fingerprint density at radius 3 is 2.79 bits per heavy atom. The summed E-state index contributed by atoms with van der Waals surface area (Å²) in [5.41, 5.74) is 1.47. The summed E-state index contributed by atoms with van der Waals surface area (Å²) in [6, 6.07) is 9.57. The summed E-state index contributed by atoms with van der Waals surface area (Å²) in [7, 11) is 0. The Hall–Kier alpha value is -2.12. The molecule has 19 heavy (non-hydrogen) atoms. The van der Waals surface area contributed by atoms with Crippen molar-refractivity contribution in [2.24, 2.45) is 0 Å². The number of nitriles is 1. The van der Waals surface area contributed by atoms with Gasteiger partial charge in [-0.25, -0.2) is 4.39 Å². The molecular weight excluding hydrogens is 267 g/mol. The minimum Gasteiger partial charge on any atom is -0.487 e. The molecule has 0 aliphatic rings. The summed E-state index contributed by atoms with van der Waals surface area (Å²) in [6.07, 6.45) is 1.53. The van der Waals surface area contributed by atoms with Gasteiger partial charge in [-0.3, -0.25) is 4.98 Å². The summed E-state index contributed by atoms with van der Waals surface area (Å²) >= 11 is 5.62. The van der Waals surface area contributed by atoms with Gasteiger partial charge in [0, 0.05) is 5.56 Å². The first-order chi connectivity index (χ1) is 9.22. The highest BCUT2D eigenvalue weighted by Crippen LogP contribution is 2.15. The third-order valence-electron chi connectivity index (χ3n) is 2.50. The lowest BCUT2D eigenvalue weighted by molar-refractivity contribution is 0.298. The van der Waals surface area contributed by atoms with E-state index < -0.39 is 5.82 Å². The molecule has 0 radical (unpaired) electrons. The molecule has 0 aliphatic heterocycles. The van der Waals surface area contributed by atoms with E-state index in [1.165, 1.54) is 24.4 Å². The van der Waals surface area contributed by atoms with E-state index in [0.717, 1.165) is 5.69 Å². The number of halogens is 2. The molecule has 0 spiro atoms. The highest BCUT2D eigenvalue weighted by atomic mass is 35.5. The van der Waals surface area contributed by atoms with Crippen molar-refractivity contribution in [1.29, 1.82) is 5.26 Å². The van der Waals surface area contributed by atoms with Crippen molar-refractivity contribution in [1.82, 2.24) is 4.98 Å². The van der Waals surface area contributed by atoms with E-state index in [-0.39, 0.29) is 6.61 Å². The Labute approximate surface area is 115 Å². The van der Waals surface area contributed by atoms with Crippen LogP contribution >= 0.6 is 11.6 Å². The minimum atomic E-state index is -0.399. The standard InChI is InChI=1S/C14H10ClFN2O/c15-6-12-2-3-13(8-18-12)19-9-11-5-10(7-17)1-4-14(11)16/h1-5,8H,6,9H2. The van der Waals surface area contributed by atoms with Crippen LogP contribution in [-0.4, -0.2) is 4.98 Å². The van der Waals surface area contributed by atoms with Crippen molar-refractivity contribution in [2.45, 2.75) is 12.5 Å². The smallest absolute Gasteiger partial charge is 0.138 e. The number of rotatable bonds is 4. The van der Waals surface area contributed by atoms with Gasteiger partial charge in [-0.05, 0) is 30.3 Å². The maximum Gasteiger partial charge on any atom is 0.138 e. The van der Waals surface area contributed by atoms with Crippen LogP contribution in [0.25, 0.3) is 0 Å². The van der Waals surface area contributed by atoms with Crippen LogP contribution in [0.5, 0.6) is 5.75 Å². The molecule has 0 amide bonds. The van der Waals surface area contributed by atoms with Gasteiger partial charge in [0.1, 0.15) is 18.2 Å². The fourth-order valence-corrected chi connectivity index (χ4v) is 1.65. The third kappa shape index (κ3) is 3.43. The number of hydrogen-bond acceptors (Lipinski definition) is 3. The van der Waals surface area contributed by atoms with Crippen LogP contribution in [0.3, 0.4) is 0 Å². The number of aromatic nitrogens is 1. The predicted molar refractivity (Wildman–Crippen MR) is 69.2 cm³/mol. The quantitative estimate of drug-likeness (QED) is 0.804. The molecule has 0 atom stereocenters. The fourth-order valence-electron chi connectivity index (χ4n) is 1.49. The average Bonchev–Trinajstić information content (AvgIpc) is 2.47. The van der Waals surface area contributed by atoms with Crippen LogP contribution in [0.1, 0.15) is 16.8 Å². The van der Waals surface area contributed by atoms with Gasteiger partial charge in [-0.2, -0.15) is 5.26 Å². The molecular formula is C14H10ClFN2O. The van der Waals surface area contributed by atoms with Gasteiger partial charge in [-0.15, -0.1) is 11.6 Å². The highest BCUT2D eigenvalue weighted by Gasteiger charge is 2.05. The second kappa shape index (κ2) is 6.17. The lowest BCUT2D eigenvalue weighted by atomic mass is 10.1.